The largest absolute Gasteiger partial charge is 0.493 e. The first-order valence-corrected chi connectivity index (χ1v) is 6.10. The highest BCUT2D eigenvalue weighted by atomic mass is 16.5. The van der Waals surface area contributed by atoms with Crippen LogP contribution in [0.15, 0.2) is 23.8 Å². The van der Waals surface area contributed by atoms with Crippen LogP contribution in [-0.4, -0.2) is 40.4 Å². The van der Waals surface area contributed by atoms with Gasteiger partial charge in [-0.3, -0.25) is 0 Å². The highest BCUT2D eigenvalue weighted by Crippen LogP contribution is 2.31. The summed E-state index contributed by atoms with van der Waals surface area (Å²) in [7, 11) is 5.43. The van der Waals surface area contributed by atoms with Gasteiger partial charge < -0.3 is 18.9 Å². The van der Waals surface area contributed by atoms with Crippen LogP contribution in [0.1, 0.15) is 12.5 Å². The molecule has 0 amide bonds. The second-order valence-electron chi connectivity index (χ2n) is 4.05. The Balaban J connectivity index is 3.42. The smallest absolute Gasteiger partial charge is 0.345 e. The standard InChI is InChI=1S/C15H18O6/c1-9(13(14(16)20-4)15(17)21-5)10-6-7-11(18-2)12(8-10)19-3/h6-8H,1-5H3. The van der Waals surface area contributed by atoms with Gasteiger partial charge in [-0.2, -0.15) is 0 Å². The number of carbonyl (C=O) groups is 2. The minimum absolute atomic E-state index is 0.160. The molecule has 1 rings (SSSR count). The molecule has 0 saturated heterocycles. The average Bonchev–Trinajstić information content (AvgIpc) is 2.53. The van der Waals surface area contributed by atoms with E-state index in [1.165, 1.54) is 28.4 Å². The molecule has 0 unspecified atom stereocenters. The molecular weight excluding hydrogens is 276 g/mol. The van der Waals surface area contributed by atoms with Gasteiger partial charge in [0.15, 0.2) is 11.5 Å². The highest BCUT2D eigenvalue weighted by molar-refractivity contribution is 6.19. The molecule has 0 heterocycles. The monoisotopic (exact) mass is 294 g/mol. The molecule has 1 aromatic carbocycles. The predicted octanol–water partition coefficient (Wildman–Crippen LogP) is 1.82. The Morgan fingerprint density at radius 3 is 1.81 bits per heavy atom. The summed E-state index contributed by atoms with van der Waals surface area (Å²) in [6.45, 7) is 1.63. The Morgan fingerprint density at radius 2 is 1.38 bits per heavy atom. The van der Waals surface area contributed by atoms with Crippen molar-refractivity contribution in [3.63, 3.8) is 0 Å². The number of esters is 2. The summed E-state index contributed by atoms with van der Waals surface area (Å²) in [5, 5.41) is 0. The number of benzene rings is 1. The summed E-state index contributed by atoms with van der Waals surface area (Å²) < 4.78 is 19.6. The van der Waals surface area contributed by atoms with Gasteiger partial charge >= 0.3 is 11.9 Å². The molecule has 0 aliphatic heterocycles. The molecule has 0 fully saturated rings. The van der Waals surface area contributed by atoms with Crippen LogP contribution in [0.3, 0.4) is 0 Å². The van der Waals surface area contributed by atoms with Gasteiger partial charge in [-0.25, -0.2) is 9.59 Å². The summed E-state index contributed by atoms with van der Waals surface area (Å²) in [6.07, 6.45) is 0. The third-order valence-corrected chi connectivity index (χ3v) is 2.97. The van der Waals surface area contributed by atoms with Gasteiger partial charge in [0.05, 0.1) is 28.4 Å². The van der Waals surface area contributed by atoms with Crippen LogP contribution in [0.2, 0.25) is 0 Å². The number of allylic oxidation sites excluding steroid dienone is 1. The van der Waals surface area contributed by atoms with E-state index in [9.17, 15) is 9.59 Å². The maximum atomic E-state index is 11.8. The minimum atomic E-state index is -0.755. The van der Waals surface area contributed by atoms with Gasteiger partial charge in [-0.15, -0.1) is 0 Å². The van der Waals surface area contributed by atoms with E-state index in [1.807, 2.05) is 0 Å². The zero-order valence-corrected chi connectivity index (χ0v) is 12.7. The molecule has 0 aromatic heterocycles. The first-order valence-electron chi connectivity index (χ1n) is 6.10. The van der Waals surface area contributed by atoms with E-state index < -0.39 is 11.9 Å². The second kappa shape index (κ2) is 7.33. The van der Waals surface area contributed by atoms with Crippen LogP contribution in [0.4, 0.5) is 0 Å². The lowest BCUT2D eigenvalue weighted by Gasteiger charge is -2.12. The molecule has 6 nitrogen and oxygen atoms in total. The fraction of sp³-hybridized carbons (Fsp3) is 0.333. The Kier molecular flexibility index (Phi) is 5.78. The zero-order valence-electron chi connectivity index (χ0n) is 12.7. The van der Waals surface area contributed by atoms with Crippen LogP contribution < -0.4 is 9.47 Å². The second-order valence-corrected chi connectivity index (χ2v) is 4.05. The van der Waals surface area contributed by atoms with Gasteiger partial charge in [-0.05, 0) is 30.2 Å². The van der Waals surface area contributed by atoms with E-state index in [2.05, 4.69) is 9.47 Å². The molecule has 0 radical (unpaired) electrons. The van der Waals surface area contributed by atoms with Crippen molar-refractivity contribution in [3.05, 3.63) is 29.3 Å². The molecule has 0 saturated carbocycles. The minimum Gasteiger partial charge on any atom is -0.493 e. The van der Waals surface area contributed by atoms with Crippen LogP contribution >= 0.6 is 0 Å². The highest BCUT2D eigenvalue weighted by Gasteiger charge is 2.24. The average molecular weight is 294 g/mol. The molecule has 0 spiro atoms. The Labute approximate surface area is 123 Å². The number of methoxy groups -OCH3 is 4. The predicted molar refractivity (Wildman–Crippen MR) is 76.2 cm³/mol. The molecule has 6 heteroatoms. The maximum absolute atomic E-state index is 11.8. The number of carbonyl (C=O) groups excluding carboxylic acids is 2. The summed E-state index contributed by atoms with van der Waals surface area (Å²) in [5.41, 5.74) is 0.889. The Hall–Kier alpha value is -2.50. The van der Waals surface area contributed by atoms with Crippen LogP contribution in [0.5, 0.6) is 11.5 Å². The molecule has 114 valence electrons. The van der Waals surface area contributed by atoms with E-state index in [0.29, 0.717) is 22.6 Å². The molecule has 0 aliphatic rings. The lowest BCUT2D eigenvalue weighted by molar-refractivity contribution is -0.143. The van der Waals surface area contributed by atoms with E-state index in [4.69, 9.17) is 9.47 Å². The molecule has 0 aliphatic carbocycles. The van der Waals surface area contributed by atoms with E-state index >= 15 is 0 Å². The summed E-state index contributed by atoms with van der Waals surface area (Å²) in [5.74, 6) is -0.474. The first kappa shape index (κ1) is 16.6. The fourth-order valence-corrected chi connectivity index (χ4v) is 1.81. The van der Waals surface area contributed by atoms with Gasteiger partial charge in [-0.1, -0.05) is 6.07 Å². The van der Waals surface area contributed by atoms with Crippen molar-refractivity contribution >= 4 is 17.5 Å². The normalized spacial score (nSPS) is 9.57. The number of hydrogen-bond acceptors (Lipinski definition) is 6. The summed E-state index contributed by atoms with van der Waals surface area (Å²) >= 11 is 0. The van der Waals surface area contributed by atoms with Crippen molar-refractivity contribution in [2.24, 2.45) is 0 Å². The topological polar surface area (TPSA) is 71.1 Å². The van der Waals surface area contributed by atoms with Gasteiger partial charge in [0, 0.05) is 0 Å². The van der Waals surface area contributed by atoms with Crippen molar-refractivity contribution < 1.29 is 28.5 Å². The lowest BCUT2D eigenvalue weighted by Crippen LogP contribution is -2.17. The number of rotatable bonds is 5. The van der Waals surface area contributed by atoms with Crippen molar-refractivity contribution in [1.29, 1.82) is 0 Å². The third-order valence-electron chi connectivity index (χ3n) is 2.97. The maximum Gasteiger partial charge on any atom is 0.345 e. The molecule has 0 bridgehead atoms. The third kappa shape index (κ3) is 3.53. The van der Waals surface area contributed by atoms with Crippen molar-refractivity contribution in [3.8, 4) is 11.5 Å². The number of ether oxygens (including phenoxy) is 4. The number of hydrogen-bond donors (Lipinski definition) is 0. The van der Waals surface area contributed by atoms with Gasteiger partial charge in [0.2, 0.25) is 0 Å². The molecule has 21 heavy (non-hydrogen) atoms. The molecular formula is C15H18O6. The SMILES string of the molecule is COC(=O)C(C(=O)OC)=C(C)c1ccc(OC)c(OC)c1. The van der Waals surface area contributed by atoms with Crippen LogP contribution in [0.25, 0.3) is 5.57 Å². The van der Waals surface area contributed by atoms with Crippen molar-refractivity contribution in [2.75, 3.05) is 28.4 Å². The Morgan fingerprint density at radius 1 is 0.857 bits per heavy atom. The Bertz CT molecular complexity index is 556. The van der Waals surface area contributed by atoms with Gasteiger partial charge in [0.1, 0.15) is 5.57 Å². The lowest BCUT2D eigenvalue weighted by atomic mass is 10.0. The molecule has 0 atom stereocenters. The van der Waals surface area contributed by atoms with Gasteiger partial charge in [0.25, 0.3) is 0 Å². The van der Waals surface area contributed by atoms with E-state index in [-0.39, 0.29) is 5.57 Å². The van der Waals surface area contributed by atoms with Crippen molar-refractivity contribution in [2.45, 2.75) is 6.92 Å². The first-order chi connectivity index (χ1) is 9.99. The zero-order chi connectivity index (χ0) is 16.0. The quantitative estimate of drug-likeness (QED) is 0.357. The summed E-state index contributed by atoms with van der Waals surface area (Å²) in [6, 6.07) is 5.06. The van der Waals surface area contributed by atoms with Crippen LogP contribution in [0, 0.1) is 0 Å². The summed E-state index contributed by atoms with van der Waals surface area (Å²) in [4.78, 5) is 23.5. The van der Waals surface area contributed by atoms with E-state index in [0.717, 1.165) is 0 Å². The van der Waals surface area contributed by atoms with E-state index in [1.54, 1.807) is 25.1 Å². The fourth-order valence-electron chi connectivity index (χ4n) is 1.81. The van der Waals surface area contributed by atoms with Crippen LogP contribution in [-0.2, 0) is 19.1 Å². The molecule has 0 N–H and O–H groups in total. The molecule has 1 aromatic rings. The van der Waals surface area contributed by atoms with Crippen molar-refractivity contribution in [1.82, 2.24) is 0 Å².